The molecule has 96 valence electrons. The number of benzene rings is 1. The van der Waals surface area contributed by atoms with Crippen LogP contribution in [0.5, 0.6) is 0 Å². The van der Waals surface area contributed by atoms with Crippen LogP contribution in [-0.2, 0) is 6.42 Å². The van der Waals surface area contributed by atoms with E-state index in [4.69, 9.17) is 0 Å². The summed E-state index contributed by atoms with van der Waals surface area (Å²) in [5.74, 6) is 2.06. The highest BCUT2D eigenvalue weighted by atomic mass is 79.9. The van der Waals surface area contributed by atoms with Crippen LogP contribution in [0.2, 0.25) is 0 Å². The van der Waals surface area contributed by atoms with E-state index in [0.29, 0.717) is 10.5 Å². The van der Waals surface area contributed by atoms with E-state index >= 15 is 0 Å². The number of halogens is 2. The second kappa shape index (κ2) is 8.11. The molecule has 0 spiro atoms. The van der Waals surface area contributed by atoms with Gasteiger partial charge in [0.1, 0.15) is 5.82 Å². The second-order valence-corrected chi connectivity index (χ2v) is 5.92. The molecule has 0 saturated carbocycles. The lowest BCUT2D eigenvalue weighted by Crippen LogP contribution is -2.30. The smallest absolute Gasteiger partial charge is 0.137 e. The van der Waals surface area contributed by atoms with Crippen LogP contribution in [-0.4, -0.2) is 24.6 Å². The first-order valence-electron chi connectivity index (χ1n) is 5.87. The SMILES string of the molecule is CCCSCC(Cc1cccc(F)c1Br)NC. The first kappa shape index (κ1) is 15.0. The van der Waals surface area contributed by atoms with Crippen molar-refractivity contribution in [2.45, 2.75) is 25.8 Å². The summed E-state index contributed by atoms with van der Waals surface area (Å²) in [4.78, 5) is 0. The first-order valence-corrected chi connectivity index (χ1v) is 7.81. The maximum atomic E-state index is 13.4. The normalized spacial score (nSPS) is 12.7. The molecule has 0 fully saturated rings. The van der Waals surface area contributed by atoms with E-state index in [-0.39, 0.29) is 5.82 Å². The molecule has 17 heavy (non-hydrogen) atoms. The van der Waals surface area contributed by atoms with Gasteiger partial charge in [0.15, 0.2) is 0 Å². The average molecular weight is 320 g/mol. The lowest BCUT2D eigenvalue weighted by atomic mass is 10.1. The van der Waals surface area contributed by atoms with Gasteiger partial charge in [0, 0.05) is 11.8 Å². The summed E-state index contributed by atoms with van der Waals surface area (Å²) in [5, 5.41) is 3.29. The Morgan fingerprint density at radius 3 is 2.88 bits per heavy atom. The van der Waals surface area contributed by atoms with Gasteiger partial charge in [0.05, 0.1) is 4.47 Å². The van der Waals surface area contributed by atoms with Gasteiger partial charge in [0.25, 0.3) is 0 Å². The number of thioether (sulfide) groups is 1. The summed E-state index contributed by atoms with van der Waals surface area (Å²) in [6.45, 7) is 2.19. The van der Waals surface area contributed by atoms with Crippen LogP contribution < -0.4 is 5.32 Å². The predicted molar refractivity (Wildman–Crippen MR) is 78.3 cm³/mol. The molecule has 1 rings (SSSR count). The number of hydrogen-bond donors (Lipinski definition) is 1. The van der Waals surface area contributed by atoms with Crippen LogP contribution in [0.3, 0.4) is 0 Å². The molecule has 0 aliphatic heterocycles. The summed E-state index contributed by atoms with van der Waals surface area (Å²) < 4.78 is 14.0. The fourth-order valence-corrected chi connectivity index (χ4v) is 3.04. The lowest BCUT2D eigenvalue weighted by molar-refractivity contribution is 0.597. The van der Waals surface area contributed by atoms with Crippen LogP contribution in [0, 0.1) is 5.82 Å². The van der Waals surface area contributed by atoms with Crippen molar-refractivity contribution in [1.82, 2.24) is 5.32 Å². The van der Waals surface area contributed by atoms with E-state index in [9.17, 15) is 4.39 Å². The zero-order valence-electron chi connectivity index (χ0n) is 10.3. The lowest BCUT2D eigenvalue weighted by Gasteiger charge is -2.16. The molecule has 1 N–H and O–H groups in total. The third-order valence-electron chi connectivity index (χ3n) is 2.57. The molecule has 0 aromatic heterocycles. The summed E-state index contributed by atoms with van der Waals surface area (Å²) in [7, 11) is 1.96. The van der Waals surface area contributed by atoms with Crippen LogP contribution in [0.4, 0.5) is 4.39 Å². The Hall–Kier alpha value is -0.0600. The van der Waals surface area contributed by atoms with Crippen molar-refractivity contribution in [2.75, 3.05) is 18.6 Å². The minimum absolute atomic E-state index is 0.182. The highest BCUT2D eigenvalue weighted by Crippen LogP contribution is 2.22. The van der Waals surface area contributed by atoms with E-state index in [1.165, 1.54) is 18.2 Å². The number of nitrogens with one attached hydrogen (secondary N) is 1. The zero-order valence-corrected chi connectivity index (χ0v) is 12.7. The molecule has 0 amide bonds. The van der Waals surface area contributed by atoms with Gasteiger partial charge in [-0.15, -0.1) is 0 Å². The summed E-state index contributed by atoms with van der Waals surface area (Å²) in [5.41, 5.74) is 1.03. The third kappa shape index (κ3) is 4.98. The van der Waals surface area contributed by atoms with Crippen molar-refractivity contribution in [3.8, 4) is 0 Å². The molecule has 0 saturated heterocycles. The largest absolute Gasteiger partial charge is 0.316 e. The second-order valence-electron chi connectivity index (χ2n) is 3.98. The molecule has 1 nitrogen and oxygen atoms in total. The minimum atomic E-state index is -0.182. The number of likely N-dealkylation sites (N-methyl/N-ethyl adjacent to an activating group) is 1. The van der Waals surface area contributed by atoms with Gasteiger partial charge in [-0.25, -0.2) is 4.39 Å². The summed E-state index contributed by atoms with van der Waals surface area (Å²) in [6, 6.07) is 5.61. The molecule has 0 aliphatic rings. The Kier molecular flexibility index (Phi) is 7.16. The van der Waals surface area contributed by atoms with Crippen LogP contribution >= 0.6 is 27.7 Å². The van der Waals surface area contributed by atoms with Crippen molar-refractivity contribution in [3.63, 3.8) is 0 Å². The summed E-state index contributed by atoms with van der Waals surface area (Å²) in [6.07, 6.45) is 2.05. The molecule has 1 aromatic rings. The Balaban J connectivity index is 2.57. The molecule has 1 unspecified atom stereocenters. The minimum Gasteiger partial charge on any atom is -0.316 e. The van der Waals surface area contributed by atoms with Gasteiger partial charge in [-0.2, -0.15) is 11.8 Å². The number of rotatable bonds is 7. The van der Waals surface area contributed by atoms with Crippen molar-refractivity contribution < 1.29 is 4.39 Å². The standard InChI is InChI=1S/C13H19BrFNS/c1-3-7-17-9-11(16-2)8-10-5-4-6-12(15)13(10)14/h4-6,11,16H,3,7-9H2,1-2H3. The fourth-order valence-electron chi connectivity index (χ4n) is 1.59. The van der Waals surface area contributed by atoms with Crippen molar-refractivity contribution in [2.24, 2.45) is 0 Å². The third-order valence-corrected chi connectivity index (χ3v) is 4.80. The maximum absolute atomic E-state index is 13.4. The molecule has 0 radical (unpaired) electrons. The van der Waals surface area contributed by atoms with Gasteiger partial charge >= 0.3 is 0 Å². The van der Waals surface area contributed by atoms with Gasteiger partial charge in [0.2, 0.25) is 0 Å². The topological polar surface area (TPSA) is 12.0 Å². The first-order chi connectivity index (χ1) is 8.19. The average Bonchev–Trinajstić information content (AvgIpc) is 2.33. The van der Waals surface area contributed by atoms with Gasteiger partial charge in [-0.05, 0) is 53.2 Å². The molecule has 0 heterocycles. The Bertz CT molecular complexity index is 346. The van der Waals surface area contributed by atoms with Crippen LogP contribution in [0.15, 0.2) is 22.7 Å². The van der Waals surface area contributed by atoms with Crippen molar-refractivity contribution >= 4 is 27.7 Å². The quantitative estimate of drug-likeness (QED) is 0.766. The maximum Gasteiger partial charge on any atom is 0.137 e. The highest BCUT2D eigenvalue weighted by molar-refractivity contribution is 9.10. The predicted octanol–water partition coefficient (Wildman–Crippen LogP) is 3.86. The molecular weight excluding hydrogens is 301 g/mol. The molecule has 4 heteroatoms. The molecule has 0 aliphatic carbocycles. The highest BCUT2D eigenvalue weighted by Gasteiger charge is 2.11. The van der Waals surface area contributed by atoms with E-state index in [0.717, 1.165) is 17.7 Å². The fraction of sp³-hybridized carbons (Fsp3) is 0.538. The molecule has 0 bridgehead atoms. The number of hydrogen-bond acceptors (Lipinski definition) is 2. The molecule has 1 aromatic carbocycles. The van der Waals surface area contributed by atoms with E-state index in [2.05, 4.69) is 28.2 Å². The molecular formula is C13H19BrFNS. The van der Waals surface area contributed by atoms with Crippen molar-refractivity contribution in [1.29, 1.82) is 0 Å². The molecule has 1 atom stereocenters. The van der Waals surface area contributed by atoms with Gasteiger partial charge < -0.3 is 5.32 Å². The monoisotopic (exact) mass is 319 g/mol. The van der Waals surface area contributed by atoms with E-state index < -0.39 is 0 Å². The Labute approximate surface area is 116 Å². The van der Waals surface area contributed by atoms with E-state index in [1.807, 2.05) is 24.9 Å². The van der Waals surface area contributed by atoms with E-state index in [1.54, 1.807) is 6.07 Å². The van der Waals surface area contributed by atoms with Crippen LogP contribution in [0.25, 0.3) is 0 Å². The zero-order chi connectivity index (χ0) is 12.7. The Morgan fingerprint density at radius 2 is 2.24 bits per heavy atom. The van der Waals surface area contributed by atoms with Crippen LogP contribution in [0.1, 0.15) is 18.9 Å². The Morgan fingerprint density at radius 1 is 1.47 bits per heavy atom. The van der Waals surface area contributed by atoms with Crippen molar-refractivity contribution in [3.05, 3.63) is 34.1 Å². The van der Waals surface area contributed by atoms with Gasteiger partial charge in [-0.3, -0.25) is 0 Å². The summed E-state index contributed by atoms with van der Waals surface area (Å²) >= 11 is 5.25. The van der Waals surface area contributed by atoms with Gasteiger partial charge in [-0.1, -0.05) is 19.1 Å².